The number of hydrogen-bond acceptors (Lipinski definition) is 3. The molecule has 0 aliphatic carbocycles. The number of anilines is 1. The van der Waals surface area contributed by atoms with E-state index in [1.165, 1.54) is 0 Å². The highest BCUT2D eigenvalue weighted by molar-refractivity contribution is 6.32. The number of pyridine rings is 1. The summed E-state index contributed by atoms with van der Waals surface area (Å²) in [7, 11) is 0. The number of amides is 2. The summed E-state index contributed by atoms with van der Waals surface area (Å²) in [4.78, 5) is 15.8. The lowest BCUT2D eigenvalue weighted by Crippen LogP contribution is -2.39. The average molecular weight is 300 g/mol. The van der Waals surface area contributed by atoms with Crippen LogP contribution in [0.3, 0.4) is 0 Å². The molecule has 1 aromatic heterocycles. The van der Waals surface area contributed by atoms with Crippen molar-refractivity contribution in [1.82, 2.24) is 10.3 Å². The molecule has 0 saturated carbocycles. The minimum absolute atomic E-state index is 0.0647. The Balaban J connectivity index is 2.56. The Morgan fingerprint density at radius 1 is 1.45 bits per heavy atom. The Hall–Kier alpha value is -1.33. The molecule has 3 N–H and O–H groups in total. The first-order chi connectivity index (χ1) is 9.56. The molecule has 0 saturated heterocycles. The second-order valence-corrected chi connectivity index (χ2v) is 5.19. The Kier molecular flexibility index (Phi) is 6.75. The number of aliphatic hydroxyl groups is 1. The predicted molar refractivity (Wildman–Crippen MR) is 81.0 cm³/mol. The lowest BCUT2D eigenvalue weighted by atomic mass is 9.79. The highest BCUT2D eigenvalue weighted by Gasteiger charge is 2.26. The summed E-state index contributed by atoms with van der Waals surface area (Å²) in [5, 5.41) is 14.9. The quantitative estimate of drug-likeness (QED) is 0.677. The van der Waals surface area contributed by atoms with Crippen LogP contribution in [0.2, 0.25) is 5.15 Å². The van der Waals surface area contributed by atoms with Crippen LogP contribution in [0.5, 0.6) is 0 Å². The second kappa shape index (κ2) is 8.07. The first kappa shape index (κ1) is 16.7. The van der Waals surface area contributed by atoms with Crippen LogP contribution in [0.4, 0.5) is 10.5 Å². The van der Waals surface area contributed by atoms with Crippen molar-refractivity contribution in [3.8, 4) is 0 Å². The largest absolute Gasteiger partial charge is 0.396 e. The van der Waals surface area contributed by atoms with Crippen molar-refractivity contribution in [2.24, 2.45) is 5.41 Å². The van der Waals surface area contributed by atoms with Gasteiger partial charge in [-0.15, -0.1) is 0 Å². The number of carbonyl (C=O) groups is 1. The maximum atomic E-state index is 11.9. The highest BCUT2D eigenvalue weighted by Crippen LogP contribution is 2.29. The van der Waals surface area contributed by atoms with Gasteiger partial charge in [0.1, 0.15) is 0 Å². The van der Waals surface area contributed by atoms with Gasteiger partial charge in [0.2, 0.25) is 0 Å². The van der Waals surface area contributed by atoms with E-state index in [0.29, 0.717) is 18.7 Å². The summed E-state index contributed by atoms with van der Waals surface area (Å²) in [5.74, 6) is 0. The summed E-state index contributed by atoms with van der Waals surface area (Å²) in [6.45, 7) is 4.77. The van der Waals surface area contributed by atoms with Gasteiger partial charge in [-0.25, -0.2) is 9.78 Å². The third kappa shape index (κ3) is 4.65. The van der Waals surface area contributed by atoms with E-state index in [1.54, 1.807) is 18.3 Å². The van der Waals surface area contributed by atoms with Gasteiger partial charge in [-0.2, -0.15) is 0 Å². The fourth-order valence-corrected chi connectivity index (χ4v) is 2.26. The average Bonchev–Trinajstić information content (AvgIpc) is 2.46. The van der Waals surface area contributed by atoms with Gasteiger partial charge in [-0.05, 0) is 36.8 Å². The van der Waals surface area contributed by atoms with Gasteiger partial charge in [0, 0.05) is 19.3 Å². The van der Waals surface area contributed by atoms with Crippen molar-refractivity contribution in [3.05, 3.63) is 23.5 Å². The molecule has 1 rings (SSSR count). The summed E-state index contributed by atoms with van der Waals surface area (Å²) >= 11 is 5.88. The molecule has 20 heavy (non-hydrogen) atoms. The minimum atomic E-state index is -0.316. The van der Waals surface area contributed by atoms with Crippen molar-refractivity contribution in [1.29, 1.82) is 0 Å². The Morgan fingerprint density at radius 3 is 2.70 bits per heavy atom. The topological polar surface area (TPSA) is 74.2 Å². The van der Waals surface area contributed by atoms with Gasteiger partial charge in [-0.3, -0.25) is 0 Å². The number of nitrogens with zero attached hydrogens (tertiary/aromatic N) is 1. The van der Waals surface area contributed by atoms with E-state index >= 15 is 0 Å². The zero-order chi connectivity index (χ0) is 15.0. The molecule has 0 aromatic carbocycles. The monoisotopic (exact) mass is 299 g/mol. The van der Waals surface area contributed by atoms with Gasteiger partial charge < -0.3 is 15.7 Å². The first-order valence-corrected chi connectivity index (χ1v) is 7.21. The van der Waals surface area contributed by atoms with Crippen molar-refractivity contribution >= 4 is 23.3 Å². The standard InChI is InChI=1S/C14H22ClN3O2/c1-3-14(4-2,7-9-19)10-17-13(20)18-11-6-5-8-16-12(11)15/h5-6,8,19H,3-4,7,9-10H2,1-2H3,(H2,17,18,20). The lowest BCUT2D eigenvalue weighted by Gasteiger charge is -2.31. The molecular formula is C14H22ClN3O2. The van der Waals surface area contributed by atoms with Crippen molar-refractivity contribution < 1.29 is 9.90 Å². The Bertz CT molecular complexity index is 436. The van der Waals surface area contributed by atoms with E-state index in [0.717, 1.165) is 12.8 Å². The van der Waals surface area contributed by atoms with Crippen molar-refractivity contribution in [2.45, 2.75) is 33.1 Å². The predicted octanol–water partition coefficient (Wildman–Crippen LogP) is 3.05. The molecule has 0 unspecified atom stereocenters. The van der Waals surface area contributed by atoms with Crippen LogP contribution < -0.4 is 10.6 Å². The second-order valence-electron chi connectivity index (χ2n) is 4.83. The zero-order valence-electron chi connectivity index (χ0n) is 11.9. The van der Waals surface area contributed by atoms with E-state index in [4.69, 9.17) is 16.7 Å². The summed E-state index contributed by atoms with van der Waals surface area (Å²) in [5.41, 5.74) is 0.414. The molecule has 0 aliphatic rings. The number of rotatable bonds is 7. The van der Waals surface area contributed by atoms with E-state index in [1.807, 2.05) is 0 Å². The lowest BCUT2D eigenvalue weighted by molar-refractivity contribution is 0.165. The highest BCUT2D eigenvalue weighted by atomic mass is 35.5. The van der Waals surface area contributed by atoms with Crippen molar-refractivity contribution in [2.75, 3.05) is 18.5 Å². The summed E-state index contributed by atoms with van der Waals surface area (Å²) in [6.07, 6.45) is 4.04. The third-order valence-corrected chi connectivity index (χ3v) is 4.07. The van der Waals surface area contributed by atoms with Crippen LogP contribution >= 0.6 is 11.6 Å². The normalized spacial score (nSPS) is 11.2. The molecule has 112 valence electrons. The van der Waals surface area contributed by atoms with E-state index in [9.17, 15) is 4.79 Å². The maximum absolute atomic E-state index is 11.9. The molecule has 6 heteroatoms. The van der Waals surface area contributed by atoms with Crippen LogP contribution in [-0.4, -0.2) is 29.3 Å². The number of nitrogens with one attached hydrogen (secondary N) is 2. The molecule has 5 nitrogen and oxygen atoms in total. The zero-order valence-corrected chi connectivity index (χ0v) is 12.7. The Morgan fingerprint density at radius 2 is 2.15 bits per heavy atom. The summed E-state index contributed by atoms with van der Waals surface area (Å²) in [6, 6.07) is 3.08. The molecule has 0 atom stereocenters. The van der Waals surface area contributed by atoms with Crippen molar-refractivity contribution in [3.63, 3.8) is 0 Å². The van der Waals surface area contributed by atoms with Crippen LogP contribution in [0, 0.1) is 5.41 Å². The van der Waals surface area contributed by atoms with E-state index in [2.05, 4.69) is 29.5 Å². The van der Waals surface area contributed by atoms with E-state index in [-0.39, 0.29) is 23.2 Å². The Labute approximate surface area is 124 Å². The number of aromatic nitrogens is 1. The molecule has 0 aliphatic heterocycles. The molecule has 2 amide bonds. The first-order valence-electron chi connectivity index (χ1n) is 6.83. The van der Waals surface area contributed by atoms with Crippen LogP contribution in [0.15, 0.2) is 18.3 Å². The van der Waals surface area contributed by atoms with Gasteiger partial charge in [-0.1, -0.05) is 25.4 Å². The van der Waals surface area contributed by atoms with Gasteiger partial charge >= 0.3 is 6.03 Å². The SMILES string of the molecule is CCC(CC)(CCO)CNC(=O)Nc1cccnc1Cl. The molecule has 0 spiro atoms. The maximum Gasteiger partial charge on any atom is 0.319 e. The number of urea groups is 1. The van der Waals surface area contributed by atoms with Gasteiger partial charge in [0.15, 0.2) is 5.15 Å². The van der Waals surface area contributed by atoms with Crippen LogP contribution in [0.25, 0.3) is 0 Å². The molecule has 0 fully saturated rings. The number of aliphatic hydroxyl groups excluding tert-OH is 1. The van der Waals surface area contributed by atoms with Crippen LogP contribution in [-0.2, 0) is 0 Å². The number of carbonyl (C=O) groups excluding carboxylic acids is 1. The molecule has 1 heterocycles. The third-order valence-electron chi connectivity index (χ3n) is 3.77. The molecule has 0 radical (unpaired) electrons. The minimum Gasteiger partial charge on any atom is -0.396 e. The smallest absolute Gasteiger partial charge is 0.319 e. The van der Waals surface area contributed by atoms with Crippen LogP contribution in [0.1, 0.15) is 33.1 Å². The number of halogens is 1. The van der Waals surface area contributed by atoms with E-state index < -0.39 is 0 Å². The van der Waals surface area contributed by atoms with Gasteiger partial charge in [0.25, 0.3) is 0 Å². The molecule has 0 bridgehead atoms. The molecule has 1 aromatic rings. The fraction of sp³-hybridized carbons (Fsp3) is 0.571. The van der Waals surface area contributed by atoms with Gasteiger partial charge in [0.05, 0.1) is 5.69 Å². The summed E-state index contributed by atoms with van der Waals surface area (Å²) < 4.78 is 0. The fourth-order valence-electron chi connectivity index (χ4n) is 2.09. The molecular weight excluding hydrogens is 278 g/mol. The number of hydrogen-bond donors (Lipinski definition) is 3.